The minimum Gasteiger partial charge on any atom is -0.382 e. The summed E-state index contributed by atoms with van der Waals surface area (Å²) in [7, 11) is 1.90. The fourth-order valence-corrected chi connectivity index (χ4v) is 3.42. The minimum atomic E-state index is -0.938. The Morgan fingerprint density at radius 2 is 1.78 bits per heavy atom. The van der Waals surface area contributed by atoms with Crippen LogP contribution >= 0.6 is 12.4 Å². The lowest BCUT2D eigenvalue weighted by molar-refractivity contribution is 0.0610. The van der Waals surface area contributed by atoms with E-state index in [4.69, 9.17) is 5.73 Å². The maximum Gasteiger partial charge on any atom is 0.209 e. The number of nitrogen functional groups attached to an aromatic ring is 1. The second-order valence-electron chi connectivity index (χ2n) is 6.81. The van der Waals surface area contributed by atoms with Crippen molar-refractivity contribution in [2.75, 3.05) is 5.73 Å². The van der Waals surface area contributed by atoms with Gasteiger partial charge in [0, 0.05) is 12.6 Å². The van der Waals surface area contributed by atoms with Gasteiger partial charge >= 0.3 is 0 Å². The molecule has 140 valence electrons. The van der Waals surface area contributed by atoms with Gasteiger partial charge in [-0.3, -0.25) is 0 Å². The SMILES string of the molecule is Cl.Cn1c(-c2ccccc2)nc2c(N)nc(C#CC3(O)CCCCC3)nc21. The van der Waals surface area contributed by atoms with Crippen LogP contribution in [-0.2, 0) is 7.05 Å². The molecule has 0 aliphatic heterocycles. The Morgan fingerprint density at radius 1 is 1.07 bits per heavy atom. The maximum atomic E-state index is 10.5. The molecule has 0 radical (unpaired) electrons. The van der Waals surface area contributed by atoms with Crippen LogP contribution in [0, 0.1) is 11.8 Å². The van der Waals surface area contributed by atoms with E-state index in [-0.39, 0.29) is 12.4 Å². The van der Waals surface area contributed by atoms with Crippen molar-refractivity contribution >= 4 is 29.4 Å². The first-order valence-electron chi connectivity index (χ1n) is 8.87. The third-order valence-corrected chi connectivity index (χ3v) is 4.87. The van der Waals surface area contributed by atoms with Crippen molar-refractivity contribution in [2.24, 2.45) is 7.05 Å². The summed E-state index contributed by atoms with van der Waals surface area (Å²) in [6.07, 6.45) is 4.53. The molecule has 4 rings (SSSR count). The van der Waals surface area contributed by atoms with Gasteiger partial charge in [0.05, 0.1) is 0 Å². The lowest BCUT2D eigenvalue weighted by atomic mass is 9.85. The second kappa shape index (κ2) is 7.55. The van der Waals surface area contributed by atoms with Crippen LogP contribution in [0.3, 0.4) is 0 Å². The molecule has 0 atom stereocenters. The molecule has 1 aliphatic rings. The zero-order valence-corrected chi connectivity index (χ0v) is 16.0. The number of nitrogens with zero attached hydrogens (tertiary/aromatic N) is 4. The van der Waals surface area contributed by atoms with Crippen molar-refractivity contribution in [3.05, 3.63) is 36.2 Å². The van der Waals surface area contributed by atoms with Gasteiger partial charge < -0.3 is 15.4 Å². The van der Waals surface area contributed by atoms with E-state index in [1.54, 1.807) is 0 Å². The van der Waals surface area contributed by atoms with E-state index >= 15 is 0 Å². The van der Waals surface area contributed by atoms with E-state index in [2.05, 4.69) is 26.8 Å². The van der Waals surface area contributed by atoms with Crippen LogP contribution in [0.4, 0.5) is 5.82 Å². The molecule has 0 saturated heterocycles. The van der Waals surface area contributed by atoms with Crippen LogP contribution in [0.25, 0.3) is 22.6 Å². The standard InChI is InChI=1S/C20H21N5O.ClH/c1-25-18(14-8-4-2-5-9-14)24-16-17(21)22-15(23-19(16)25)10-13-20(26)11-6-3-7-12-20;/h2,4-5,8-9,26H,3,6-7,11-12H2,1H3,(H2,21,22,23);1H. The Balaban J connectivity index is 0.00000210. The lowest BCUT2D eigenvalue weighted by Gasteiger charge is -2.26. The Hall–Kier alpha value is -2.62. The summed E-state index contributed by atoms with van der Waals surface area (Å²) in [5, 5.41) is 10.5. The Bertz CT molecular complexity index is 1010. The molecule has 7 heteroatoms. The van der Waals surface area contributed by atoms with E-state index in [0.717, 1.165) is 30.7 Å². The van der Waals surface area contributed by atoms with Crippen molar-refractivity contribution in [3.8, 4) is 23.2 Å². The highest BCUT2D eigenvalue weighted by atomic mass is 35.5. The van der Waals surface area contributed by atoms with Gasteiger partial charge in [-0.15, -0.1) is 12.4 Å². The molecule has 1 fully saturated rings. The van der Waals surface area contributed by atoms with E-state index in [1.165, 1.54) is 0 Å². The molecule has 3 aromatic rings. The monoisotopic (exact) mass is 383 g/mol. The van der Waals surface area contributed by atoms with Crippen LogP contribution < -0.4 is 5.73 Å². The number of aryl methyl sites for hydroxylation is 1. The number of halogens is 1. The van der Waals surface area contributed by atoms with Crippen molar-refractivity contribution in [1.29, 1.82) is 0 Å². The predicted octanol–water partition coefficient (Wildman–Crippen LogP) is 3.08. The van der Waals surface area contributed by atoms with Gasteiger partial charge in [0.15, 0.2) is 17.0 Å². The quantitative estimate of drug-likeness (QED) is 0.630. The molecule has 2 heterocycles. The molecule has 2 aromatic heterocycles. The number of imidazole rings is 1. The van der Waals surface area contributed by atoms with Crippen molar-refractivity contribution in [2.45, 2.75) is 37.7 Å². The molecule has 1 saturated carbocycles. The van der Waals surface area contributed by atoms with E-state index < -0.39 is 5.60 Å². The van der Waals surface area contributed by atoms with E-state index in [1.807, 2.05) is 41.9 Å². The number of benzene rings is 1. The average molecular weight is 384 g/mol. The zero-order chi connectivity index (χ0) is 18.1. The summed E-state index contributed by atoms with van der Waals surface area (Å²) in [6, 6.07) is 9.87. The number of hydrogen-bond donors (Lipinski definition) is 2. The van der Waals surface area contributed by atoms with Crippen LogP contribution in [0.1, 0.15) is 37.9 Å². The van der Waals surface area contributed by atoms with Crippen LogP contribution in [0.2, 0.25) is 0 Å². The third-order valence-electron chi connectivity index (χ3n) is 4.87. The second-order valence-corrected chi connectivity index (χ2v) is 6.81. The summed E-state index contributed by atoms with van der Waals surface area (Å²) in [5.74, 6) is 7.27. The fraction of sp³-hybridized carbons (Fsp3) is 0.350. The fourth-order valence-electron chi connectivity index (χ4n) is 3.42. The van der Waals surface area contributed by atoms with Gasteiger partial charge in [-0.2, -0.15) is 0 Å². The van der Waals surface area contributed by atoms with E-state index in [9.17, 15) is 5.11 Å². The van der Waals surface area contributed by atoms with Gasteiger partial charge in [0.25, 0.3) is 0 Å². The molecule has 0 spiro atoms. The lowest BCUT2D eigenvalue weighted by Crippen LogP contribution is -2.29. The first-order chi connectivity index (χ1) is 12.6. The molecular formula is C20H22ClN5O. The third kappa shape index (κ3) is 3.75. The molecule has 6 nitrogen and oxygen atoms in total. The molecule has 1 aromatic carbocycles. The predicted molar refractivity (Wildman–Crippen MR) is 108 cm³/mol. The van der Waals surface area contributed by atoms with Gasteiger partial charge in [0.2, 0.25) is 5.82 Å². The van der Waals surface area contributed by atoms with Gasteiger partial charge in [-0.05, 0) is 31.6 Å². The van der Waals surface area contributed by atoms with Gasteiger partial charge in [-0.1, -0.05) is 42.7 Å². The molecule has 3 N–H and O–H groups in total. The zero-order valence-electron chi connectivity index (χ0n) is 15.1. The first kappa shape index (κ1) is 19.2. The highest BCUT2D eigenvalue weighted by molar-refractivity contribution is 5.86. The van der Waals surface area contributed by atoms with Crippen LogP contribution in [0.15, 0.2) is 30.3 Å². The highest BCUT2D eigenvalue weighted by Crippen LogP contribution is 2.28. The van der Waals surface area contributed by atoms with Crippen molar-refractivity contribution in [3.63, 3.8) is 0 Å². The van der Waals surface area contributed by atoms with Crippen LogP contribution in [0.5, 0.6) is 0 Å². The minimum absolute atomic E-state index is 0. The number of hydrogen-bond acceptors (Lipinski definition) is 5. The summed E-state index contributed by atoms with van der Waals surface area (Å²) >= 11 is 0. The molecule has 0 bridgehead atoms. The number of anilines is 1. The van der Waals surface area contributed by atoms with E-state index in [0.29, 0.717) is 35.6 Å². The molecular weight excluding hydrogens is 362 g/mol. The number of aliphatic hydroxyl groups is 1. The average Bonchev–Trinajstić information content (AvgIpc) is 2.99. The maximum absolute atomic E-state index is 10.5. The molecule has 27 heavy (non-hydrogen) atoms. The number of aromatic nitrogens is 4. The van der Waals surface area contributed by atoms with Crippen molar-refractivity contribution in [1.82, 2.24) is 19.5 Å². The number of fused-ring (bicyclic) bond motifs is 1. The topological polar surface area (TPSA) is 89.9 Å². The largest absolute Gasteiger partial charge is 0.382 e. The van der Waals surface area contributed by atoms with Crippen LogP contribution in [-0.4, -0.2) is 30.2 Å². The number of rotatable bonds is 1. The normalized spacial score (nSPS) is 15.6. The molecule has 1 aliphatic carbocycles. The van der Waals surface area contributed by atoms with Crippen molar-refractivity contribution < 1.29 is 5.11 Å². The summed E-state index contributed by atoms with van der Waals surface area (Å²) < 4.78 is 1.89. The molecule has 0 amide bonds. The van der Waals surface area contributed by atoms with Gasteiger partial charge in [-0.25, -0.2) is 15.0 Å². The summed E-state index contributed by atoms with van der Waals surface area (Å²) in [5.41, 5.74) is 7.35. The summed E-state index contributed by atoms with van der Waals surface area (Å²) in [4.78, 5) is 13.4. The highest BCUT2D eigenvalue weighted by Gasteiger charge is 2.26. The summed E-state index contributed by atoms with van der Waals surface area (Å²) in [6.45, 7) is 0. The van der Waals surface area contributed by atoms with Gasteiger partial charge in [0.1, 0.15) is 11.4 Å². The Kier molecular flexibility index (Phi) is 5.36. The first-order valence-corrected chi connectivity index (χ1v) is 8.87. The molecule has 0 unspecified atom stereocenters. The Labute approximate surface area is 164 Å². The number of nitrogens with two attached hydrogens (primary N) is 1. The Morgan fingerprint density at radius 3 is 2.48 bits per heavy atom. The smallest absolute Gasteiger partial charge is 0.209 e.